The first-order valence-electron chi connectivity index (χ1n) is 7.12. The van der Waals surface area contributed by atoms with Crippen LogP contribution in [0.25, 0.3) is 0 Å². The lowest BCUT2D eigenvalue weighted by Gasteiger charge is -2.23. The van der Waals surface area contributed by atoms with Gasteiger partial charge in [0.25, 0.3) is 0 Å². The minimum absolute atomic E-state index is 0.180. The number of sulfonamides is 1. The van der Waals surface area contributed by atoms with Crippen molar-refractivity contribution in [3.63, 3.8) is 0 Å². The molecule has 20 heavy (non-hydrogen) atoms. The van der Waals surface area contributed by atoms with Gasteiger partial charge < -0.3 is 5.32 Å². The highest BCUT2D eigenvalue weighted by atomic mass is 32.2. The van der Waals surface area contributed by atoms with E-state index in [1.807, 2.05) is 19.2 Å². The van der Waals surface area contributed by atoms with Crippen molar-refractivity contribution < 1.29 is 8.42 Å². The number of nitrogens with one attached hydrogen (secondary N) is 2. The number of nitrogens with zero attached hydrogens (tertiary/aromatic N) is 1. The summed E-state index contributed by atoms with van der Waals surface area (Å²) in [6.45, 7) is 4.76. The van der Waals surface area contributed by atoms with Crippen molar-refractivity contribution in [2.45, 2.75) is 51.6 Å². The molecule has 0 amide bonds. The molecule has 1 aromatic rings. The molecule has 7 heteroatoms. The van der Waals surface area contributed by atoms with Crippen molar-refractivity contribution >= 4 is 21.4 Å². The van der Waals surface area contributed by atoms with Crippen LogP contribution in [0.1, 0.15) is 49.4 Å². The standard InChI is InChI=1S/C13H23N3O2S2/c1-10-9-19-13(15-10)11(2)16-20(17,18)8-6-12-5-3-4-7-14-12/h9,11-12,14,16H,3-8H2,1-2H3. The van der Waals surface area contributed by atoms with E-state index in [-0.39, 0.29) is 11.8 Å². The highest BCUT2D eigenvalue weighted by Crippen LogP contribution is 2.18. The largest absolute Gasteiger partial charge is 0.314 e. The lowest BCUT2D eigenvalue weighted by Crippen LogP contribution is -2.37. The van der Waals surface area contributed by atoms with Gasteiger partial charge in [0.05, 0.1) is 11.8 Å². The highest BCUT2D eigenvalue weighted by molar-refractivity contribution is 7.89. The molecule has 0 bridgehead atoms. The number of aromatic nitrogens is 1. The topological polar surface area (TPSA) is 71.1 Å². The molecule has 0 spiro atoms. The van der Waals surface area contributed by atoms with Crippen molar-refractivity contribution in [1.82, 2.24) is 15.0 Å². The van der Waals surface area contributed by atoms with Crippen LogP contribution in [-0.4, -0.2) is 31.7 Å². The SMILES string of the molecule is Cc1csc(C(C)NS(=O)(=O)CCC2CCCCN2)n1. The Hall–Kier alpha value is -0.500. The van der Waals surface area contributed by atoms with Gasteiger partial charge in [0.1, 0.15) is 5.01 Å². The van der Waals surface area contributed by atoms with Crippen LogP contribution in [0, 0.1) is 6.92 Å². The van der Waals surface area contributed by atoms with E-state index in [1.54, 1.807) is 0 Å². The molecule has 0 aromatic carbocycles. The zero-order valence-electron chi connectivity index (χ0n) is 12.1. The molecule has 2 rings (SSSR count). The number of thiazole rings is 1. The minimum atomic E-state index is -3.24. The van der Waals surface area contributed by atoms with E-state index in [1.165, 1.54) is 24.2 Å². The Balaban J connectivity index is 1.83. The first-order chi connectivity index (χ1) is 9.46. The van der Waals surface area contributed by atoms with Gasteiger partial charge in [-0.1, -0.05) is 6.42 Å². The molecule has 2 atom stereocenters. The van der Waals surface area contributed by atoms with Crippen LogP contribution < -0.4 is 10.0 Å². The Kier molecular flexibility index (Phi) is 5.54. The maximum atomic E-state index is 12.1. The lowest BCUT2D eigenvalue weighted by atomic mass is 10.0. The zero-order chi connectivity index (χ0) is 14.6. The molecule has 2 heterocycles. The average Bonchev–Trinajstić information content (AvgIpc) is 2.84. The normalized spacial score (nSPS) is 21.8. The lowest BCUT2D eigenvalue weighted by molar-refractivity contribution is 0.392. The summed E-state index contributed by atoms with van der Waals surface area (Å²) in [5.74, 6) is 0.180. The van der Waals surface area contributed by atoms with E-state index in [4.69, 9.17) is 0 Å². The second kappa shape index (κ2) is 6.98. The highest BCUT2D eigenvalue weighted by Gasteiger charge is 2.20. The molecule has 0 radical (unpaired) electrons. The Morgan fingerprint density at radius 1 is 1.55 bits per heavy atom. The van der Waals surface area contributed by atoms with Crippen molar-refractivity contribution in [3.05, 3.63) is 16.1 Å². The zero-order valence-corrected chi connectivity index (χ0v) is 13.7. The minimum Gasteiger partial charge on any atom is -0.314 e. The molecular formula is C13H23N3O2S2. The van der Waals surface area contributed by atoms with Gasteiger partial charge in [0.2, 0.25) is 10.0 Å². The fourth-order valence-corrected chi connectivity index (χ4v) is 4.66. The summed E-state index contributed by atoms with van der Waals surface area (Å²) in [6.07, 6.45) is 4.15. The van der Waals surface area contributed by atoms with Crippen molar-refractivity contribution in [2.24, 2.45) is 0 Å². The van der Waals surface area contributed by atoms with Crippen LogP contribution in [0.4, 0.5) is 0 Å². The van der Waals surface area contributed by atoms with E-state index in [9.17, 15) is 8.42 Å². The average molecular weight is 317 g/mol. The summed E-state index contributed by atoms with van der Waals surface area (Å²) in [6, 6.07) is 0.0933. The van der Waals surface area contributed by atoms with Gasteiger partial charge in [0, 0.05) is 17.1 Å². The van der Waals surface area contributed by atoms with Crippen LogP contribution in [0.5, 0.6) is 0 Å². The van der Waals surface area contributed by atoms with Gasteiger partial charge in [-0.15, -0.1) is 11.3 Å². The Bertz CT molecular complexity index is 521. The number of hydrogen-bond acceptors (Lipinski definition) is 5. The quantitative estimate of drug-likeness (QED) is 0.841. The molecule has 1 saturated heterocycles. The van der Waals surface area contributed by atoms with Crippen LogP contribution >= 0.6 is 11.3 Å². The summed E-state index contributed by atoms with van der Waals surface area (Å²) >= 11 is 1.49. The maximum Gasteiger partial charge on any atom is 0.212 e. The Labute approximate surface area is 125 Å². The smallest absolute Gasteiger partial charge is 0.212 e. The van der Waals surface area contributed by atoms with Crippen LogP contribution in [0.3, 0.4) is 0 Å². The molecule has 2 N–H and O–H groups in total. The Morgan fingerprint density at radius 3 is 2.95 bits per heavy atom. The second-order valence-electron chi connectivity index (χ2n) is 5.42. The van der Waals surface area contributed by atoms with Crippen molar-refractivity contribution in [1.29, 1.82) is 0 Å². The number of aryl methyl sites for hydroxylation is 1. The van der Waals surface area contributed by atoms with Crippen LogP contribution in [0.2, 0.25) is 0 Å². The fourth-order valence-electron chi connectivity index (χ4n) is 2.42. The fraction of sp³-hybridized carbons (Fsp3) is 0.769. The molecule has 1 aliphatic heterocycles. The third-order valence-corrected chi connectivity index (χ3v) is 6.14. The monoisotopic (exact) mass is 317 g/mol. The molecule has 5 nitrogen and oxygen atoms in total. The summed E-state index contributed by atoms with van der Waals surface area (Å²) in [5, 5.41) is 6.14. The van der Waals surface area contributed by atoms with Crippen molar-refractivity contribution in [3.8, 4) is 0 Å². The molecule has 1 aliphatic rings. The number of piperidine rings is 1. The summed E-state index contributed by atoms with van der Waals surface area (Å²) in [5.41, 5.74) is 0.933. The van der Waals surface area contributed by atoms with E-state index in [0.717, 1.165) is 23.7 Å². The molecular weight excluding hydrogens is 294 g/mol. The van der Waals surface area contributed by atoms with Crippen LogP contribution in [0.15, 0.2) is 5.38 Å². The van der Waals surface area contributed by atoms with Gasteiger partial charge in [-0.25, -0.2) is 18.1 Å². The van der Waals surface area contributed by atoms with Gasteiger partial charge in [-0.05, 0) is 39.7 Å². The number of rotatable bonds is 6. The van der Waals surface area contributed by atoms with Gasteiger partial charge in [-0.3, -0.25) is 0 Å². The summed E-state index contributed by atoms with van der Waals surface area (Å²) in [7, 11) is -3.24. The molecule has 0 aliphatic carbocycles. The molecule has 114 valence electrons. The van der Waals surface area contributed by atoms with E-state index in [2.05, 4.69) is 15.0 Å². The molecule has 1 fully saturated rings. The molecule has 0 saturated carbocycles. The third-order valence-electron chi connectivity index (χ3n) is 3.51. The van der Waals surface area contributed by atoms with Crippen molar-refractivity contribution in [2.75, 3.05) is 12.3 Å². The van der Waals surface area contributed by atoms with E-state index < -0.39 is 10.0 Å². The van der Waals surface area contributed by atoms with E-state index in [0.29, 0.717) is 12.5 Å². The maximum absolute atomic E-state index is 12.1. The van der Waals surface area contributed by atoms with Crippen LogP contribution in [-0.2, 0) is 10.0 Å². The first kappa shape index (κ1) is 15.9. The van der Waals surface area contributed by atoms with Gasteiger partial charge in [-0.2, -0.15) is 0 Å². The van der Waals surface area contributed by atoms with Gasteiger partial charge in [0.15, 0.2) is 0 Å². The predicted molar refractivity (Wildman–Crippen MR) is 82.4 cm³/mol. The molecule has 2 unspecified atom stereocenters. The van der Waals surface area contributed by atoms with Gasteiger partial charge >= 0.3 is 0 Å². The Morgan fingerprint density at radius 2 is 2.35 bits per heavy atom. The second-order valence-corrected chi connectivity index (χ2v) is 8.18. The van der Waals surface area contributed by atoms with E-state index >= 15 is 0 Å². The summed E-state index contributed by atoms with van der Waals surface area (Å²) < 4.78 is 26.9. The third kappa shape index (κ3) is 4.80. The first-order valence-corrected chi connectivity index (χ1v) is 9.65. The molecule has 1 aromatic heterocycles. The predicted octanol–water partition coefficient (Wildman–Crippen LogP) is 1.96. The number of hydrogen-bond donors (Lipinski definition) is 2. The summed E-state index contributed by atoms with van der Waals surface area (Å²) in [4.78, 5) is 4.32.